The van der Waals surface area contributed by atoms with Crippen molar-refractivity contribution in [2.45, 2.75) is 13.3 Å². The molecular formula is C9H13NO2. The summed E-state index contributed by atoms with van der Waals surface area (Å²) in [6.45, 7) is 2.10. The van der Waals surface area contributed by atoms with Crippen LogP contribution in [0.5, 0.6) is 0 Å². The molecule has 0 unspecified atom stereocenters. The predicted octanol–water partition coefficient (Wildman–Crippen LogP) is 2.12. The summed E-state index contributed by atoms with van der Waals surface area (Å²) in [4.78, 5) is 12.4. The average molecular weight is 167 g/mol. The van der Waals surface area contributed by atoms with E-state index in [2.05, 4.69) is 11.7 Å². The number of methoxy groups -OCH3 is 1. The topological polar surface area (TPSA) is 29.5 Å². The number of carbonyl (C=O) groups is 1. The van der Waals surface area contributed by atoms with Crippen LogP contribution in [-0.4, -0.2) is 18.1 Å². The minimum atomic E-state index is -0.350. The fraction of sp³-hybridized carbons (Fsp3) is 0.444. The van der Waals surface area contributed by atoms with Crippen molar-refractivity contribution < 1.29 is 9.53 Å². The van der Waals surface area contributed by atoms with E-state index < -0.39 is 0 Å². The Labute approximate surface area is 72.3 Å². The van der Waals surface area contributed by atoms with Gasteiger partial charge in [-0.2, -0.15) is 0 Å². The van der Waals surface area contributed by atoms with E-state index in [9.17, 15) is 4.79 Å². The average Bonchev–Trinajstić information content (AvgIpc) is 2.17. The van der Waals surface area contributed by atoms with E-state index >= 15 is 0 Å². The van der Waals surface area contributed by atoms with E-state index in [0.717, 1.165) is 6.42 Å². The van der Waals surface area contributed by atoms with Crippen LogP contribution in [0.2, 0.25) is 0 Å². The van der Waals surface area contributed by atoms with Gasteiger partial charge in [-0.05, 0) is 12.3 Å². The fourth-order valence-electron chi connectivity index (χ4n) is 1.02. The van der Waals surface area contributed by atoms with Gasteiger partial charge < -0.3 is 4.74 Å². The predicted molar refractivity (Wildman–Crippen MR) is 46.3 cm³/mol. The number of ether oxygens (including phenoxy) is 1. The third kappa shape index (κ3) is 1.87. The van der Waals surface area contributed by atoms with E-state index in [4.69, 9.17) is 0 Å². The molecule has 3 heteroatoms. The Kier molecular flexibility index (Phi) is 2.91. The molecule has 3 nitrogen and oxygen atoms in total. The first-order valence-electron chi connectivity index (χ1n) is 4.01. The molecule has 0 bridgehead atoms. The van der Waals surface area contributed by atoms with Gasteiger partial charge in [0.25, 0.3) is 0 Å². The largest absolute Gasteiger partial charge is 0.452 e. The molecule has 1 heterocycles. The van der Waals surface area contributed by atoms with Gasteiger partial charge in [0.05, 0.1) is 7.11 Å². The molecule has 0 aromatic rings. The van der Waals surface area contributed by atoms with Crippen LogP contribution in [0.25, 0.3) is 0 Å². The quantitative estimate of drug-likeness (QED) is 0.598. The second kappa shape index (κ2) is 3.95. The summed E-state index contributed by atoms with van der Waals surface area (Å²) in [6, 6.07) is 0. The summed E-state index contributed by atoms with van der Waals surface area (Å²) in [5.74, 6) is 0.450. The number of hydrogen-bond donors (Lipinski definition) is 0. The van der Waals surface area contributed by atoms with Crippen LogP contribution < -0.4 is 0 Å². The summed E-state index contributed by atoms with van der Waals surface area (Å²) < 4.78 is 4.54. The molecule has 0 aromatic carbocycles. The molecule has 12 heavy (non-hydrogen) atoms. The number of rotatable bonds is 1. The molecule has 1 amide bonds. The van der Waals surface area contributed by atoms with Gasteiger partial charge in [0, 0.05) is 12.4 Å². The first-order chi connectivity index (χ1) is 5.77. The summed E-state index contributed by atoms with van der Waals surface area (Å²) in [5, 5.41) is 0. The first kappa shape index (κ1) is 8.84. The van der Waals surface area contributed by atoms with Crippen molar-refractivity contribution in [3.63, 3.8) is 0 Å². The van der Waals surface area contributed by atoms with Gasteiger partial charge in [-0.25, -0.2) is 4.79 Å². The highest BCUT2D eigenvalue weighted by Crippen LogP contribution is 2.13. The monoisotopic (exact) mass is 167 g/mol. The normalized spacial score (nSPS) is 16.7. The van der Waals surface area contributed by atoms with Crippen LogP contribution >= 0.6 is 0 Å². The molecular weight excluding hydrogens is 154 g/mol. The van der Waals surface area contributed by atoms with Crippen molar-refractivity contribution in [3.8, 4) is 0 Å². The fourth-order valence-corrected chi connectivity index (χ4v) is 1.02. The summed E-state index contributed by atoms with van der Waals surface area (Å²) in [6.07, 6.45) is 8.15. The second-order valence-corrected chi connectivity index (χ2v) is 2.63. The summed E-state index contributed by atoms with van der Waals surface area (Å²) in [5.41, 5.74) is 0. The van der Waals surface area contributed by atoms with Crippen molar-refractivity contribution in [2.24, 2.45) is 5.92 Å². The molecule has 0 saturated carbocycles. The van der Waals surface area contributed by atoms with Crippen LogP contribution in [0.4, 0.5) is 4.79 Å². The number of amides is 1. The Balaban J connectivity index is 2.54. The summed E-state index contributed by atoms with van der Waals surface area (Å²) >= 11 is 0. The number of allylic oxidation sites excluding steroid dienone is 2. The van der Waals surface area contributed by atoms with Crippen molar-refractivity contribution in [1.29, 1.82) is 0 Å². The lowest BCUT2D eigenvalue weighted by molar-refractivity contribution is 0.151. The van der Waals surface area contributed by atoms with Gasteiger partial charge in [0.15, 0.2) is 0 Å². The van der Waals surface area contributed by atoms with Crippen LogP contribution in [0, 0.1) is 5.92 Å². The van der Waals surface area contributed by atoms with E-state index in [1.807, 2.05) is 12.2 Å². The Hall–Kier alpha value is -1.25. The van der Waals surface area contributed by atoms with E-state index in [1.54, 1.807) is 12.4 Å². The molecule has 0 fully saturated rings. The van der Waals surface area contributed by atoms with Crippen molar-refractivity contribution in [1.82, 2.24) is 4.90 Å². The lowest BCUT2D eigenvalue weighted by atomic mass is 10.1. The van der Waals surface area contributed by atoms with E-state index in [1.165, 1.54) is 12.0 Å². The molecule has 0 saturated heterocycles. The van der Waals surface area contributed by atoms with Gasteiger partial charge in [-0.3, -0.25) is 4.90 Å². The molecule has 0 aromatic heterocycles. The van der Waals surface area contributed by atoms with Crippen molar-refractivity contribution in [2.75, 3.05) is 7.11 Å². The van der Waals surface area contributed by atoms with Gasteiger partial charge in [0.2, 0.25) is 0 Å². The second-order valence-electron chi connectivity index (χ2n) is 2.63. The molecule has 0 spiro atoms. The SMILES string of the molecule is CCC1C=CN(C(=O)OC)C=C1. The third-order valence-corrected chi connectivity index (χ3v) is 1.84. The molecule has 0 radical (unpaired) electrons. The Morgan fingerprint density at radius 1 is 1.50 bits per heavy atom. The van der Waals surface area contributed by atoms with Gasteiger partial charge >= 0.3 is 6.09 Å². The zero-order chi connectivity index (χ0) is 8.97. The number of hydrogen-bond acceptors (Lipinski definition) is 2. The van der Waals surface area contributed by atoms with E-state index in [-0.39, 0.29) is 6.09 Å². The van der Waals surface area contributed by atoms with Crippen LogP contribution in [0.3, 0.4) is 0 Å². The number of nitrogens with zero attached hydrogens (tertiary/aromatic N) is 1. The van der Waals surface area contributed by atoms with Gasteiger partial charge in [0.1, 0.15) is 0 Å². The lowest BCUT2D eigenvalue weighted by Gasteiger charge is -2.17. The maximum absolute atomic E-state index is 11.0. The van der Waals surface area contributed by atoms with Crippen LogP contribution in [0.1, 0.15) is 13.3 Å². The lowest BCUT2D eigenvalue weighted by Crippen LogP contribution is -2.21. The van der Waals surface area contributed by atoms with Crippen molar-refractivity contribution >= 4 is 6.09 Å². The standard InChI is InChI=1S/C9H13NO2/c1-3-8-4-6-10(7-5-8)9(11)12-2/h4-8H,3H2,1-2H3. The number of carbonyl (C=O) groups excluding carboxylic acids is 1. The minimum absolute atomic E-state index is 0.350. The zero-order valence-electron chi connectivity index (χ0n) is 7.36. The third-order valence-electron chi connectivity index (χ3n) is 1.84. The highest BCUT2D eigenvalue weighted by molar-refractivity contribution is 5.70. The van der Waals surface area contributed by atoms with Gasteiger partial charge in [-0.1, -0.05) is 19.1 Å². The molecule has 0 atom stereocenters. The Morgan fingerprint density at radius 3 is 2.50 bits per heavy atom. The molecule has 0 N–H and O–H groups in total. The maximum atomic E-state index is 11.0. The Morgan fingerprint density at radius 2 is 2.08 bits per heavy atom. The Bertz CT molecular complexity index is 207. The molecule has 66 valence electrons. The molecule has 1 aliphatic rings. The van der Waals surface area contributed by atoms with Crippen molar-refractivity contribution in [3.05, 3.63) is 24.6 Å². The highest BCUT2D eigenvalue weighted by Gasteiger charge is 2.11. The molecule has 1 rings (SSSR count). The van der Waals surface area contributed by atoms with Crippen LogP contribution in [0.15, 0.2) is 24.6 Å². The first-order valence-corrected chi connectivity index (χ1v) is 4.01. The maximum Gasteiger partial charge on any atom is 0.417 e. The van der Waals surface area contributed by atoms with Gasteiger partial charge in [-0.15, -0.1) is 0 Å². The zero-order valence-corrected chi connectivity index (χ0v) is 7.36. The van der Waals surface area contributed by atoms with Crippen LogP contribution in [-0.2, 0) is 4.74 Å². The summed E-state index contributed by atoms with van der Waals surface area (Å²) in [7, 11) is 1.37. The molecule has 1 aliphatic heterocycles. The molecule has 0 aliphatic carbocycles. The highest BCUT2D eigenvalue weighted by atomic mass is 16.5. The van der Waals surface area contributed by atoms with E-state index in [0.29, 0.717) is 5.92 Å². The minimum Gasteiger partial charge on any atom is -0.452 e. The smallest absolute Gasteiger partial charge is 0.417 e.